The fourth-order valence-corrected chi connectivity index (χ4v) is 2.01. The van der Waals surface area contributed by atoms with Crippen molar-refractivity contribution in [2.75, 3.05) is 0 Å². The lowest BCUT2D eigenvalue weighted by Crippen LogP contribution is -2.40. The molecule has 0 spiro atoms. The maximum Gasteiger partial charge on any atom is 0.163 e. The lowest BCUT2D eigenvalue weighted by molar-refractivity contribution is -0.307. The molecule has 3 nitrogen and oxygen atoms in total. The van der Waals surface area contributed by atoms with E-state index in [1.165, 1.54) is 25.7 Å². The van der Waals surface area contributed by atoms with Gasteiger partial charge in [-0.25, -0.2) is 0 Å². The summed E-state index contributed by atoms with van der Waals surface area (Å²) >= 11 is 0. The second-order valence-electron chi connectivity index (χ2n) is 5.05. The van der Waals surface area contributed by atoms with Gasteiger partial charge in [0.05, 0.1) is 6.10 Å². The van der Waals surface area contributed by atoms with Gasteiger partial charge in [0.25, 0.3) is 0 Å². The van der Waals surface area contributed by atoms with Gasteiger partial charge in [0.1, 0.15) is 0 Å². The Morgan fingerprint density at radius 3 is 2.56 bits per heavy atom. The van der Waals surface area contributed by atoms with E-state index >= 15 is 0 Å². The summed E-state index contributed by atoms with van der Waals surface area (Å²) in [5, 5.41) is 9.60. The molecule has 0 aromatic rings. The van der Waals surface area contributed by atoms with E-state index in [-0.39, 0.29) is 12.4 Å². The van der Waals surface area contributed by atoms with Gasteiger partial charge in [0.15, 0.2) is 12.6 Å². The monoisotopic (exact) mass is 230 g/mol. The first-order valence-corrected chi connectivity index (χ1v) is 6.62. The number of unbranched alkanes of at least 4 members (excludes halogenated alkanes) is 3. The minimum absolute atomic E-state index is 0.174. The van der Waals surface area contributed by atoms with Gasteiger partial charge in [0, 0.05) is 12.3 Å². The molecule has 1 saturated heterocycles. The molecule has 16 heavy (non-hydrogen) atoms. The average molecular weight is 230 g/mol. The molecule has 3 unspecified atom stereocenters. The zero-order valence-electron chi connectivity index (χ0n) is 10.8. The first-order chi connectivity index (χ1) is 7.63. The third-order valence-electron chi connectivity index (χ3n) is 3.01. The maximum absolute atomic E-state index is 9.60. The van der Waals surface area contributed by atoms with Crippen LogP contribution < -0.4 is 0 Å². The van der Waals surface area contributed by atoms with Gasteiger partial charge in [-0.3, -0.25) is 0 Å². The molecule has 0 saturated carbocycles. The molecule has 1 heterocycles. The zero-order chi connectivity index (χ0) is 12.0. The van der Waals surface area contributed by atoms with E-state index in [2.05, 4.69) is 20.8 Å². The summed E-state index contributed by atoms with van der Waals surface area (Å²) in [6.45, 7) is 6.32. The van der Waals surface area contributed by atoms with E-state index in [1.807, 2.05) is 0 Å². The Kier molecular flexibility index (Phi) is 6.32. The highest BCUT2D eigenvalue weighted by molar-refractivity contribution is 4.68. The van der Waals surface area contributed by atoms with Gasteiger partial charge in [-0.15, -0.1) is 0 Å². The average Bonchev–Trinajstić information content (AvgIpc) is 2.23. The van der Waals surface area contributed by atoms with Crippen molar-refractivity contribution < 1.29 is 14.6 Å². The lowest BCUT2D eigenvalue weighted by atomic mass is 10.0. The number of aliphatic hydroxyl groups excluding tert-OH is 1. The summed E-state index contributed by atoms with van der Waals surface area (Å²) in [4.78, 5) is 0. The maximum atomic E-state index is 9.60. The first kappa shape index (κ1) is 13.9. The van der Waals surface area contributed by atoms with Gasteiger partial charge in [-0.1, -0.05) is 46.5 Å². The molecule has 3 heteroatoms. The molecule has 1 fully saturated rings. The normalized spacial score (nSPS) is 30.9. The Hall–Kier alpha value is -0.120. The number of hydrogen-bond donors (Lipinski definition) is 1. The zero-order valence-corrected chi connectivity index (χ0v) is 10.8. The molecule has 0 aromatic carbocycles. The van der Waals surface area contributed by atoms with Crippen LogP contribution in [0.3, 0.4) is 0 Å². The van der Waals surface area contributed by atoms with Crippen molar-refractivity contribution in [2.45, 2.75) is 78.0 Å². The first-order valence-electron chi connectivity index (χ1n) is 6.62. The molecule has 96 valence electrons. The molecule has 3 atom stereocenters. The van der Waals surface area contributed by atoms with Crippen molar-refractivity contribution in [3.05, 3.63) is 0 Å². The largest absolute Gasteiger partial charge is 0.368 e. The summed E-state index contributed by atoms with van der Waals surface area (Å²) in [5.41, 5.74) is 0. The molecule has 1 N–H and O–H groups in total. The van der Waals surface area contributed by atoms with Crippen LogP contribution in [0.2, 0.25) is 0 Å². The summed E-state index contributed by atoms with van der Waals surface area (Å²) < 4.78 is 11.2. The molecule has 0 bridgehead atoms. The summed E-state index contributed by atoms with van der Waals surface area (Å²) in [5.74, 6) is 0.299. The molecule has 1 aliphatic heterocycles. The molecule has 0 amide bonds. The number of aliphatic hydroxyl groups is 1. The second kappa shape index (κ2) is 7.25. The van der Waals surface area contributed by atoms with E-state index in [4.69, 9.17) is 9.47 Å². The Morgan fingerprint density at radius 2 is 1.94 bits per heavy atom. The Labute approximate surface area is 99.1 Å². The van der Waals surface area contributed by atoms with E-state index in [0.717, 1.165) is 6.42 Å². The topological polar surface area (TPSA) is 38.7 Å². The highest BCUT2D eigenvalue weighted by atomic mass is 16.7. The fraction of sp³-hybridized carbons (Fsp3) is 1.00. The Morgan fingerprint density at radius 1 is 1.19 bits per heavy atom. The summed E-state index contributed by atoms with van der Waals surface area (Å²) in [7, 11) is 0. The number of ether oxygens (including phenoxy) is 2. The Balaban J connectivity index is 2.25. The minimum Gasteiger partial charge on any atom is -0.368 e. The van der Waals surface area contributed by atoms with Crippen molar-refractivity contribution in [1.82, 2.24) is 0 Å². The van der Waals surface area contributed by atoms with Crippen LogP contribution in [-0.4, -0.2) is 23.8 Å². The molecule has 0 aliphatic carbocycles. The van der Waals surface area contributed by atoms with E-state index < -0.39 is 6.29 Å². The van der Waals surface area contributed by atoms with E-state index in [9.17, 15) is 5.11 Å². The quantitative estimate of drug-likeness (QED) is 0.713. The second-order valence-corrected chi connectivity index (χ2v) is 5.05. The standard InChI is InChI=1S/C13H26O3/c1-4-5-6-7-8-11-9-12(14)16-13(15-11)10(2)3/h10-14H,4-9H2,1-3H3. The highest BCUT2D eigenvalue weighted by Crippen LogP contribution is 2.25. The van der Waals surface area contributed by atoms with Crippen LogP contribution in [0, 0.1) is 5.92 Å². The highest BCUT2D eigenvalue weighted by Gasteiger charge is 2.30. The minimum atomic E-state index is -0.641. The van der Waals surface area contributed by atoms with E-state index in [1.54, 1.807) is 0 Å². The molecule has 1 rings (SSSR count). The molecule has 0 radical (unpaired) electrons. The van der Waals surface area contributed by atoms with E-state index in [0.29, 0.717) is 12.3 Å². The van der Waals surface area contributed by atoms with Gasteiger partial charge in [0.2, 0.25) is 0 Å². The Bertz CT molecular complexity index is 182. The lowest BCUT2D eigenvalue weighted by Gasteiger charge is -2.35. The smallest absolute Gasteiger partial charge is 0.163 e. The molecule has 0 aromatic heterocycles. The summed E-state index contributed by atoms with van der Waals surface area (Å²) in [6, 6.07) is 0. The van der Waals surface area contributed by atoms with Crippen LogP contribution in [0.5, 0.6) is 0 Å². The van der Waals surface area contributed by atoms with Gasteiger partial charge < -0.3 is 14.6 Å². The predicted octanol–water partition coefficient (Wildman–Crippen LogP) is 3.06. The fourth-order valence-electron chi connectivity index (χ4n) is 2.01. The third kappa shape index (κ3) is 4.81. The number of hydrogen-bond acceptors (Lipinski definition) is 3. The molecular weight excluding hydrogens is 204 g/mol. The van der Waals surface area contributed by atoms with Gasteiger partial charge >= 0.3 is 0 Å². The van der Waals surface area contributed by atoms with Crippen molar-refractivity contribution >= 4 is 0 Å². The van der Waals surface area contributed by atoms with Crippen molar-refractivity contribution in [3.8, 4) is 0 Å². The van der Waals surface area contributed by atoms with Crippen LogP contribution in [-0.2, 0) is 9.47 Å². The van der Waals surface area contributed by atoms with Crippen LogP contribution in [0.1, 0.15) is 59.3 Å². The van der Waals surface area contributed by atoms with Crippen molar-refractivity contribution in [1.29, 1.82) is 0 Å². The van der Waals surface area contributed by atoms with Crippen LogP contribution in [0.25, 0.3) is 0 Å². The van der Waals surface area contributed by atoms with Crippen LogP contribution >= 0.6 is 0 Å². The van der Waals surface area contributed by atoms with Crippen LogP contribution in [0.4, 0.5) is 0 Å². The number of rotatable bonds is 6. The van der Waals surface area contributed by atoms with Gasteiger partial charge in [-0.05, 0) is 6.42 Å². The van der Waals surface area contributed by atoms with Gasteiger partial charge in [-0.2, -0.15) is 0 Å². The molecular formula is C13H26O3. The van der Waals surface area contributed by atoms with Crippen LogP contribution in [0.15, 0.2) is 0 Å². The predicted molar refractivity (Wildman–Crippen MR) is 64.0 cm³/mol. The SMILES string of the molecule is CCCCCCC1CC(O)OC(C(C)C)O1. The third-order valence-corrected chi connectivity index (χ3v) is 3.01. The molecule has 1 aliphatic rings. The van der Waals surface area contributed by atoms with Crippen molar-refractivity contribution in [2.24, 2.45) is 5.92 Å². The summed E-state index contributed by atoms with van der Waals surface area (Å²) in [6.07, 6.45) is 5.96. The van der Waals surface area contributed by atoms with Crippen molar-refractivity contribution in [3.63, 3.8) is 0 Å².